The molecular weight excluding hydrogens is 392 g/mol. The van der Waals surface area contributed by atoms with Gasteiger partial charge in [0, 0.05) is 31.3 Å². The quantitative estimate of drug-likeness (QED) is 0.579. The molecule has 1 heterocycles. The van der Waals surface area contributed by atoms with Gasteiger partial charge in [0.15, 0.2) is 0 Å². The van der Waals surface area contributed by atoms with Gasteiger partial charge in [-0.3, -0.25) is 9.59 Å². The summed E-state index contributed by atoms with van der Waals surface area (Å²) in [7, 11) is 1.60. The van der Waals surface area contributed by atoms with Gasteiger partial charge in [0.2, 0.25) is 5.91 Å². The second kappa shape index (κ2) is 9.75. The van der Waals surface area contributed by atoms with E-state index in [1.807, 2.05) is 68.7 Å². The lowest BCUT2D eigenvalue weighted by Gasteiger charge is -2.16. The summed E-state index contributed by atoms with van der Waals surface area (Å²) < 4.78 is 7.18. The fourth-order valence-electron chi connectivity index (χ4n) is 3.47. The van der Waals surface area contributed by atoms with Gasteiger partial charge in [0.05, 0.1) is 23.2 Å². The highest BCUT2D eigenvalue weighted by atomic mass is 16.5. The number of carbonyl (C=O) groups is 2. The molecule has 3 aromatic rings. The number of methoxy groups -OCH3 is 1. The van der Waals surface area contributed by atoms with E-state index in [0.29, 0.717) is 29.9 Å². The Kier molecular flexibility index (Phi) is 7.07. The molecule has 0 bridgehead atoms. The van der Waals surface area contributed by atoms with Crippen LogP contribution in [0.1, 0.15) is 42.5 Å². The highest BCUT2D eigenvalue weighted by Gasteiger charge is 2.21. The predicted molar refractivity (Wildman–Crippen MR) is 122 cm³/mol. The lowest BCUT2D eigenvalue weighted by atomic mass is 10.1. The van der Waals surface area contributed by atoms with Gasteiger partial charge in [0.25, 0.3) is 5.91 Å². The molecule has 2 aromatic carbocycles. The Bertz CT molecular complexity index is 1070. The molecule has 0 aliphatic carbocycles. The third-order valence-corrected chi connectivity index (χ3v) is 5.05. The normalized spacial score (nSPS) is 12.2. The minimum atomic E-state index is -0.232. The van der Waals surface area contributed by atoms with E-state index in [1.54, 1.807) is 13.2 Å². The minimum Gasteiger partial charge on any atom is -0.383 e. The number of hydrogen-bond acceptors (Lipinski definition) is 4. The van der Waals surface area contributed by atoms with E-state index in [0.717, 1.165) is 16.9 Å². The summed E-state index contributed by atoms with van der Waals surface area (Å²) in [5, 5.41) is 5.87. The third-order valence-electron chi connectivity index (χ3n) is 5.05. The maximum atomic E-state index is 13.2. The van der Waals surface area contributed by atoms with Crippen LogP contribution in [0.5, 0.6) is 0 Å². The number of nitrogens with zero attached hydrogens (tertiary/aromatic N) is 2. The Morgan fingerprint density at radius 2 is 1.84 bits per heavy atom. The summed E-state index contributed by atoms with van der Waals surface area (Å²) in [6.07, 6.45) is 0. The number of imidazole rings is 1. The second-order valence-electron chi connectivity index (χ2n) is 8.10. The Morgan fingerprint density at radius 3 is 2.48 bits per heavy atom. The molecule has 1 aromatic heterocycles. The molecule has 0 saturated heterocycles. The summed E-state index contributed by atoms with van der Waals surface area (Å²) in [6.45, 7) is 8.45. The van der Waals surface area contributed by atoms with Crippen molar-refractivity contribution in [1.82, 2.24) is 14.9 Å². The van der Waals surface area contributed by atoms with E-state index in [4.69, 9.17) is 4.74 Å². The van der Waals surface area contributed by atoms with E-state index in [1.165, 1.54) is 0 Å². The Morgan fingerprint density at radius 1 is 1.13 bits per heavy atom. The van der Waals surface area contributed by atoms with Crippen molar-refractivity contribution in [1.29, 1.82) is 0 Å². The number of amides is 2. The van der Waals surface area contributed by atoms with Crippen LogP contribution in [0.2, 0.25) is 0 Å². The Labute approximate surface area is 182 Å². The number of hydrogen-bond donors (Lipinski definition) is 2. The predicted octanol–water partition coefficient (Wildman–Crippen LogP) is 3.75. The van der Waals surface area contributed by atoms with Crippen molar-refractivity contribution in [2.24, 2.45) is 5.92 Å². The van der Waals surface area contributed by atoms with Crippen LogP contribution in [-0.2, 0) is 16.1 Å². The molecule has 0 aliphatic rings. The molecule has 0 aliphatic heterocycles. The van der Waals surface area contributed by atoms with E-state index in [9.17, 15) is 9.59 Å². The number of benzene rings is 2. The first-order valence-electron chi connectivity index (χ1n) is 10.5. The van der Waals surface area contributed by atoms with E-state index in [-0.39, 0.29) is 23.8 Å². The zero-order valence-corrected chi connectivity index (χ0v) is 18.7. The number of aryl methyl sites for hydroxylation is 1. The van der Waals surface area contributed by atoms with Crippen molar-refractivity contribution in [3.05, 3.63) is 59.4 Å². The highest BCUT2D eigenvalue weighted by molar-refractivity contribution is 6.08. The van der Waals surface area contributed by atoms with Crippen LogP contribution < -0.4 is 10.6 Å². The van der Waals surface area contributed by atoms with Crippen molar-refractivity contribution in [2.45, 2.75) is 40.3 Å². The number of fused-ring (bicyclic) bond motifs is 1. The molecule has 0 radical (unpaired) electrons. The first kappa shape index (κ1) is 22.5. The molecule has 0 saturated carbocycles. The largest absolute Gasteiger partial charge is 0.383 e. The summed E-state index contributed by atoms with van der Waals surface area (Å²) in [5.41, 5.74) is 3.54. The van der Waals surface area contributed by atoms with Crippen molar-refractivity contribution in [3.8, 4) is 0 Å². The van der Waals surface area contributed by atoms with Crippen molar-refractivity contribution >= 4 is 28.5 Å². The Balaban J connectivity index is 2.10. The van der Waals surface area contributed by atoms with Crippen molar-refractivity contribution in [3.63, 3.8) is 0 Å². The van der Waals surface area contributed by atoms with E-state index < -0.39 is 0 Å². The fraction of sp³-hybridized carbons (Fsp3) is 0.375. The smallest absolute Gasteiger partial charge is 0.253 e. The standard InChI is InChI=1S/C24H30N4O3/c1-15(2)23(29)27-19-11-20(24(30)25-16(3)14-31-5)22-21(12-19)26-17(4)28(22)13-18-9-7-6-8-10-18/h6-12,15-16H,13-14H2,1-5H3,(H,25,30)(H,27,29). The summed E-state index contributed by atoms with van der Waals surface area (Å²) in [4.78, 5) is 30.1. The summed E-state index contributed by atoms with van der Waals surface area (Å²) in [6, 6.07) is 13.4. The van der Waals surface area contributed by atoms with Gasteiger partial charge in [-0.1, -0.05) is 44.2 Å². The van der Waals surface area contributed by atoms with Gasteiger partial charge < -0.3 is 19.9 Å². The number of nitrogens with one attached hydrogen (secondary N) is 2. The number of carbonyl (C=O) groups excluding carboxylic acids is 2. The SMILES string of the molecule is COCC(C)NC(=O)c1cc(NC(=O)C(C)C)cc2nc(C)n(Cc3ccccc3)c12. The van der Waals surface area contributed by atoms with Crippen LogP contribution in [0.3, 0.4) is 0 Å². The molecule has 3 rings (SSSR count). The molecular formula is C24H30N4O3. The van der Waals surface area contributed by atoms with Gasteiger partial charge >= 0.3 is 0 Å². The van der Waals surface area contributed by atoms with Gasteiger partial charge in [-0.15, -0.1) is 0 Å². The zero-order valence-electron chi connectivity index (χ0n) is 18.7. The topological polar surface area (TPSA) is 85.2 Å². The van der Waals surface area contributed by atoms with Crippen LogP contribution in [0.4, 0.5) is 5.69 Å². The minimum absolute atomic E-state index is 0.112. The first-order chi connectivity index (χ1) is 14.8. The molecule has 7 nitrogen and oxygen atoms in total. The second-order valence-corrected chi connectivity index (χ2v) is 8.10. The number of anilines is 1. The summed E-state index contributed by atoms with van der Waals surface area (Å²) >= 11 is 0. The first-order valence-corrected chi connectivity index (χ1v) is 10.5. The Hall–Kier alpha value is -3.19. The molecule has 2 amide bonds. The third kappa shape index (κ3) is 5.30. The fourth-order valence-corrected chi connectivity index (χ4v) is 3.47. The highest BCUT2D eigenvalue weighted by Crippen LogP contribution is 2.27. The number of aromatic nitrogens is 2. The zero-order chi connectivity index (χ0) is 22.5. The van der Waals surface area contributed by atoms with Crippen molar-refractivity contribution < 1.29 is 14.3 Å². The van der Waals surface area contributed by atoms with Crippen LogP contribution in [0.15, 0.2) is 42.5 Å². The molecule has 164 valence electrons. The van der Waals surface area contributed by atoms with Gasteiger partial charge in [-0.2, -0.15) is 0 Å². The maximum absolute atomic E-state index is 13.2. The number of rotatable bonds is 8. The lowest BCUT2D eigenvalue weighted by molar-refractivity contribution is -0.118. The molecule has 0 fully saturated rings. The van der Waals surface area contributed by atoms with Gasteiger partial charge in [0.1, 0.15) is 5.82 Å². The van der Waals surface area contributed by atoms with E-state index >= 15 is 0 Å². The molecule has 1 atom stereocenters. The average molecular weight is 423 g/mol. The van der Waals surface area contributed by atoms with Crippen LogP contribution in [0.25, 0.3) is 11.0 Å². The summed E-state index contributed by atoms with van der Waals surface area (Å²) in [5.74, 6) is 0.278. The molecule has 2 N–H and O–H groups in total. The monoisotopic (exact) mass is 422 g/mol. The lowest BCUT2D eigenvalue weighted by Crippen LogP contribution is -2.36. The van der Waals surface area contributed by atoms with Gasteiger partial charge in [-0.05, 0) is 31.5 Å². The van der Waals surface area contributed by atoms with Crippen LogP contribution >= 0.6 is 0 Å². The van der Waals surface area contributed by atoms with Gasteiger partial charge in [-0.25, -0.2) is 4.98 Å². The molecule has 7 heteroatoms. The van der Waals surface area contributed by atoms with Crippen LogP contribution in [-0.4, -0.2) is 41.1 Å². The average Bonchev–Trinajstić information content (AvgIpc) is 3.03. The van der Waals surface area contributed by atoms with E-state index in [2.05, 4.69) is 15.6 Å². The maximum Gasteiger partial charge on any atom is 0.253 e. The molecule has 0 spiro atoms. The van der Waals surface area contributed by atoms with Crippen molar-refractivity contribution in [2.75, 3.05) is 19.0 Å². The number of ether oxygens (including phenoxy) is 1. The molecule has 31 heavy (non-hydrogen) atoms. The van der Waals surface area contributed by atoms with Crippen LogP contribution in [0, 0.1) is 12.8 Å². The molecule has 1 unspecified atom stereocenters.